The lowest BCUT2D eigenvalue weighted by atomic mass is 10.2. The molecule has 0 aliphatic carbocycles. The molecule has 6 nitrogen and oxygen atoms in total. The van der Waals surface area contributed by atoms with Gasteiger partial charge in [0.15, 0.2) is 0 Å². The van der Waals surface area contributed by atoms with Gasteiger partial charge in [0.2, 0.25) is 0 Å². The zero-order valence-electron chi connectivity index (χ0n) is 9.95. The number of carbonyl (C=O) groups is 1. The van der Waals surface area contributed by atoms with Crippen LogP contribution in [0.1, 0.15) is 15.2 Å². The van der Waals surface area contributed by atoms with Gasteiger partial charge in [0.1, 0.15) is 0 Å². The SMILES string of the molecule is O=C(NN=Cc1ccc([N+](=O)[O-])s1)c1ccccc1I. The fourth-order valence-electron chi connectivity index (χ4n) is 1.37. The molecule has 1 aromatic heterocycles. The van der Waals surface area contributed by atoms with Gasteiger partial charge in [-0.25, -0.2) is 5.43 Å². The summed E-state index contributed by atoms with van der Waals surface area (Å²) in [4.78, 5) is 22.5. The maximum Gasteiger partial charge on any atom is 0.324 e. The van der Waals surface area contributed by atoms with Crippen molar-refractivity contribution in [1.82, 2.24) is 5.43 Å². The first kappa shape index (κ1) is 14.6. The Morgan fingerprint density at radius 2 is 2.10 bits per heavy atom. The second-order valence-corrected chi connectivity index (χ2v) is 5.87. The summed E-state index contributed by atoms with van der Waals surface area (Å²) in [5.41, 5.74) is 2.92. The van der Waals surface area contributed by atoms with E-state index in [1.807, 2.05) is 12.1 Å². The Morgan fingerprint density at radius 3 is 2.75 bits per heavy atom. The number of nitrogens with zero attached hydrogens (tertiary/aromatic N) is 2. The molecule has 0 saturated heterocycles. The normalized spacial score (nSPS) is 10.7. The van der Waals surface area contributed by atoms with Crippen molar-refractivity contribution in [3.63, 3.8) is 0 Å². The van der Waals surface area contributed by atoms with Crippen LogP contribution >= 0.6 is 33.9 Å². The molecular weight excluding hydrogens is 393 g/mol. The van der Waals surface area contributed by atoms with E-state index in [0.29, 0.717) is 10.4 Å². The summed E-state index contributed by atoms with van der Waals surface area (Å²) in [6.07, 6.45) is 1.38. The van der Waals surface area contributed by atoms with E-state index in [2.05, 4.69) is 33.1 Å². The highest BCUT2D eigenvalue weighted by Gasteiger charge is 2.09. The Balaban J connectivity index is 2.01. The number of hydrogen-bond acceptors (Lipinski definition) is 5. The zero-order valence-corrected chi connectivity index (χ0v) is 12.9. The van der Waals surface area contributed by atoms with E-state index in [1.54, 1.807) is 18.2 Å². The Hall–Kier alpha value is -1.81. The number of nitrogens with one attached hydrogen (secondary N) is 1. The molecule has 0 fully saturated rings. The topological polar surface area (TPSA) is 84.6 Å². The van der Waals surface area contributed by atoms with Crippen LogP contribution in [0.25, 0.3) is 0 Å². The summed E-state index contributed by atoms with van der Waals surface area (Å²) >= 11 is 3.05. The number of nitro groups is 1. The Kier molecular flexibility index (Phi) is 4.79. The van der Waals surface area contributed by atoms with Crippen LogP contribution in [-0.4, -0.2) is 17.0 Å². The first-order valence-electron chi connectivity index (χ1n) is 5.40. The number of benzene rings is 1. The number of hydrazone groups is 1. The summed E-state index contributed by atoms with van der Waals surface area (Å²) < 4.78 is 0.824. The van der Waals surface area contributed by atoms with Gasteiger partial charge in [-0.15, -0.1) is 0 Å². The van der Waals surface area contributed by atoms with Gasteiger partial charge in [0.05, 0.1) is 21.6 Å². The van der Waals surface area contributed by atoms with Crippen LogP contribution in [0.2, 0.25) is 0 Å². The van der Waals surface area contributed by atoms with Crippen LogP contribution in [-0.2, 0) is 0 Å². The standard InChI is InChI=1S/C12H8IN3O3S/c13-10-4-2-1-3-9(10)12(17)15-14-7-8-5-6-11(20-8)16(18)19/h1-7H,(H,15,17). The van der Waals surface area contributed by atoms with Crippen molar-refractivity contribution in [2.45, 2.75) is 0 Å². The minimum atomic E-state index is -0.465. The molecule has 8 heteroatoms. The van der Waals surface area contributed by atoms with Crippen molar-refractivity contribution in [1.29, 1.82) is 0 Å². The Bertz CT molecular complexity index is 684. The lowest BCUT2D eigenvalue weighted by Crippen LogP contribution is -2.18. The lowest BCUT2D eigenvalue weighted by Gasteiger charge is -2.01. The maximum absolute atomic E-state index is 11.8. The maximum atomic E-state index is 11.8. The minimum absolute atomic E-state index is 0.0374. The molecule has 2 rings (SSSR count). The van der Waals surface area contributed by atoms with Crippen LogP contribution in [0.5, 0.6) is 0 Å². The predicted molar refractivity (Wildman–Crippen MR) is 85.2 cm³/mol. The third-order valence-electron chi connectivity index (χ3n) is 2.27. The molecule has 0 saturated carbocycles. The zero-order chi connectivity index (χ0) is 14.5. The largest absolute Gasteiger partial charge is 0.324 e. The van der Waals surface area contributed by atoms with Crippen LogP contribution < -0.4 is 5.43 Å². The van der Waals surface area contributed by atoms with E-state index in [1.165, 1.54) is 12.3 Å². The molecule has 0 spiro atoms. The number of carbonyl (C=O) groups excluding carboxylic acids is 1. The molecule has 0 atom stereocenters. The van der Waals surface area contributed by atoms with Gasteiger partial charge in [-0.2, -0.15) is 5.10 Å². The van der Waals surface area contributed by atoms with E-state index in [4.69, 9.17) is 0 Å². The summed E-state index contributed by atoms with van der Waals surface area (Å²) in [5.74, 6) is -0.322. The van der Waals surface area contributed by atoms with Gasteiger partial charge in [0, 0.05) is 9.64 Å². The van der Waals surface area contributed by atoms with Crippen molar-refractivity contribution in [3.8, 4) is 0 Å². The molecule has 0 unspecified atom stereocenters. The molecule has 2 aromatic rings. The van der Waals surface area contributed by atoms with Gasteiger partial charge >= 0.3 is 5.00 Å². The Labute approximate surface area is 131 Å². The van der Waals surface area contributed by atoms with Crippen molar-refractivity contribution in [2.75, 3.05) is 0 Å². The molecule has 1 amide bonds. The van der Waals surface area contributed by atoms with Gasteiger partial charge in [-0.05, 0) is 40.8 Å². The highest BCUT2D eigenvalue weighted by atomic mass is 127. The molecule has 0 aliphatic heterocycles. The minimum Gasteiger partial charge on any atom is -0.267 e. The van der Waals surface area contributed by atoms with Gasteiger partial charge in [0.25, 0.3) is 5.91 Å². The highest BCUT2D eigenvalue weighted by molar-refractivity contribution is 14.1. The lowest BCUT2D eigenvalue weighted by molar-refractivity contribution is -0.380. The van der Waals surface area contributed by atoms with Crippen molar-refractivity contribution in [2.24, 2.45) is 5.10 Å². The number of thiophene rings is 1. The van der Waals surface area contributed by atoms with Crippen LogP contribution in [0.3, 0.4) is 0 Å². The molecule has 1 N–H and O–H groups in total. The van der Waals surface area contributed by atoms with Crippen LogP contribution in [0.4, 0.5) is 5.00 Å². The average molecular weight is 401 g/mol. The summed E-state index contributed by atoms with van der Waals surface area (Å²) in [6.45, 7) is 0. The molecule has 1 aromatic carbocycles. The monoisotopic (exact) mass is 401 g/mol. The molecule has 0 bridgehead atoms. The fourth-order valence-corrected chi connectivity index (χ4v) is 2.70. The number of amides is 1. The molecule has 0 aliphatic rings. The number of halogens is 1. The first-order valence-corrected chi connectivity index (χ1v) is 7.29. The fraction of sp³-hybridized carbons (Fsp3) is 0. The second kappa shape index (κ2) is 6.57. The smallest absolute Gasteiger partial charge is 0.267 e. The number of hydrogen-bond donors (Lipinski definition) is 1. The highest BCUT2D eigenvalue weighted by Crippen LogP contribution is 2.22. The average Bonchev–Trinajstić information content (AvgIpc) is 2.88. The van der Waals surface area contributed by atoms with E-state index in [0.717, 1.165) is 14.9 Å². The summed E-state index contributed by atoms with van der Waals surface area (Å²) in [6, 6.07) is 10.1. The van der Waals surface area contributed by atoms with Crippen LogP contribution in [0.15, 0.2) is 41.5 Å². The van der Waals surface area contributed by atoms with E-state index < -0.39 is 4.92 Å². The molecular formula is C12H8IN3O3S. The third-order valence-corrected chi connectivity index (χ3v) is 4.18. The van der Waals surface area contributed by atoms with E-state index in [-0.39, 0.29) is 10.9 Å². The van der Waals surface area contributed by atoms with Crippen LogP contribution in [0, 0.1) is 13.7 Å². The summed E-state index contributed by atoms with van der Waals surface area (Å²) in [7, 11) is 0. The first-order chi connectivity index (χ1) is 9.58. The third kappa shape index (κ3) is 3.61. The molecule has 20 heavy (non-hydrogen) atoms. The number of rotatable bonds is 4. The summed E-state index contributed by atoms with van der Waals surface area (Å²) in [5, 5.41) is 14.3. The molecule has 102 valence electrons. The predicted octanol–water partition coefficient (Wildman–Crippen LogP) is 3.02. The van der Waals surface area contributed by atoms with Gasteiger partial charge in [-0.1, -0.05) is 23.5 Å². The van der Waals surface area contributed by atoms with Crippen molar-refractivity contribution in [3.05, 3.63) is 60.5 Å². The van der Waals surface area contributed by atoms with Crippen molar-refractivity contribution >= 4 is 51.1 Å². The van der Waals surface area contributed by atoms with Gasteiger partial charge < -0.3 is 0 Å². The van der Waals surface area contributed by atoms with Gasteiger partial charge in [-0.3, -0.25) is 14.9 Å². The van der Waals surface area contributed by atoms with E-state index >= 15 is 0 Å². The Morgan fingerprint density at radius 1 is 1.35 bits per heavy atom. The molecule has 0 radical (unpaired) electrons. The van der Waals surface area contributed by atoms with E-state index in [9.17, 15) is 14.9 Å². The molecule has 1 heterocycles. The van der Waals surface area contributed by atoms with Crippen molar-refractivity contribution < 1.29 is 9.72 Å². The quantitative estimate of drug-likeness (QED) is 0.370. The second-order valence-electron chi connectivity index (χ2n) is 3.61.